The average Bonchev–Trinajstić information content (AvgIpc) is 2.84. The van der Waals surface area contributed by atoms with Crippen LogP contribution in [0.25, 0.3) is 0 Å². The number of halogens is 2. The van der Waals surface area contributed by atoms with Gasteiger partial charge in [-0.1, -0.05) is 12.8 Å². The summed E-state index contributed by atoms with van der Waals surface area (Å²) in [5, 5.41) is 6.57. The predicted octanol–water partition coefficient (Wildman–Crippen LogP) is 2.42. The summed E-state index contributed by atoms with van der Waals surface area (Å²) in [5.74, 6) is -0.178. The number of carbonyl (C=O) groups excluding carboxylic acids is 1. The zero-order valence-electron chi connectivity index (χ0n) is 13.4. The van der Waals surface area contributed by atoms with Crippen molar-refractivity contribution in [1.82, 2.24) is 15.1 Å². The minimum Gasteiger partial charge on any atom is -0.349 e. The first-order chi connectivity index (χ1) is 10.8. The van der Waals surface area contributed by atoms with Crippen molar-refractivity contribution in [3.8, 4) is 0 Å². The smallest absolute Gasteiger partial charge is 0.282 e. The normalized spacial score (nSPS) is 26.3. The molecule has 7 heteroatoms. The van der Waals surface area contributed by atoms with Crippen LogP contribution in [0.2, 0.25) is 0 Å². The first-order valence-corrected chi connectivity index (χ1v) is 8.22. The molecule has 1 amide bonds. The van der Waals surface area contributed by atoms with E-state index in [0.717, 1.165) is 12.8 Å². The molecular weight excluding hydrogens is 302 g/mol. The lowest BCUT2D eigenvalue weighted by atomic mass is 9.56. The van der Waals surface area contributed by atoms with Crippen LogP contribution in [-0.2, 0) is 18.4 Å². The van der Waals surface area contributed by atoms with Crippen LogP contribution in [0.5, 0.6) is 0 Å². The molecule has 23 heavy (non-hydrogen) atoms. The fraction of sp³-hybridized carbons (Fsp3) is 0.750. The van der Waals surface area contributed by atoms with Crippen molar-refractivity contribution < 1.29 is 13.6 Å². The van der Waals surface area contributed by atoms with E-state index in [-0.39, 0.29) is 23.6 Å². The van der Waals surface area contributed by atoms with Crippen molar-refractivity contribution in [2.24, 2.45) is 18.2 Å². The van der Waals surface area contributed by atoms with Gasteiger partial charge in [-0.05, 0) is 43.6 Å². The molecule has 0 bridgehead atoms. The molecule has 1 spiro atoms. The minimum atomic E-state index is -2.61. The third kappa shape index (κ3) is 3.11. The lowest BCUT2D eigenvalue weighted by molar-refractivity contribution is -0.130. The number of nitrogens with zero attached hydrogens (tertiary/aromatic N) is 2. The molecule has 2 aliphatic carbocycles. The van der Waals surface area contributed by atoms with Crippen LogP contribution in [0, 0.1) is 5.41 Å². The van der Waals surface area contributed by atoms with E-state index in [1.54, 1.807) is 7.05 Å². The van der Waals surface area contributed by atoms with Crippen LogP contribution >= 0.6 is 0 Å². The monoisotopic (exact) mass is 326 g/mol. The third-order valence-electron chi connectivity index (χ3n) is 5.54. The molecule has 2 aliphatic rings. The van der Waals surface area contributed by atoms with Gasteiger partial charge in [0.1, 0.15) is 5.69 Å². The van der Waals surface area contributed by atoms with Gasteiger partial charge < -0.3 is 11.1 Å². The van der Waals surface area contributed by atoms with E-state index in [4.69, 9.17) is 5.73 Å². The van der Waals surface area contributed by atoms with Gasteiger partial charge in [-0.15, -0.1) is 0 Å². The molecule has 2 fully saturated rings. The molecule has 1 unspecified atom stereocenters. The van der Waals surface area contributed by atoms with Crippen LogP contribution in [0.1, 0.15) is 62.8 Å². The van der Waals surface area contributed by atoms with Gasteiger partial charge in [-0.2, -0.15) is 5.10 Å². The van der Waals surface area contributed by atoms with Crippen LogP contribution in [0.4, 0.5) is 8.78 Å². The second-order valence-corrected chi connectivity index (χ2v) is 7.21. The predicted molar refractivity (Wildman–Crippen MR) is 81.7 cm³/mol. The maximum Gasteiger partial charge on any atom is 0.282 e. The highest BCUT2D eigenvalue weighted by Crippen LogP contribution is 2.53. The number of aromatic nitrogens is 2. The Kier molecular flexibility index (Phi) is 4.16. The quantitative estimate of drug-likeness (QED) is 0.892. The van der Waals surface area contributed by atoms with Gasteiger partial charge in [0.25, 0.3) is 6.43 Å². The van der Waals surface area contributed by atoms with Crippen LogP contribution in [0.15, 0.2) is 6.07 Å². The van der Waals surface area contributed by atoms with Gasteiger partial charge in [0.05, 0.1) is 17.8 Å². The van der Waals surface area contributed by atoms with E-state index in [2.05, 4.69) is 10.4 Å². The number of rotatable bonds is 4. The molecule has 0 saturated heterocycles. The SMILES string of the molecule is Cn1nc(C(F)F)cc1CNC(=O)C1(N)CCCC2(CCC2)C1. The maximum atomic E-state index is 12.7. The zero-order chi connectivity index (χ0) is 16.7. The standard InChI is InChI=1S/C16H24F2N4O/c1-22-11(8-12(21-22)13(17)18)9-20-14(23)16(19)7-3-6-15(10-16)4-2-5-15/h8,13H,2-7,9-10,19H2,1H3,(H,20,23). The highest BCUT2D eigenvalue weighted by atomic mass is 19.3. The van der Waals surface area contributed by atoms with Crippen molar-refractivity contribution in [3.63, 3.8) is 0 Å². The Hall–Kier alpha value is -1.50. The minimum absolute atomic E-state index is 0.168. The van der Waals surface area contributed by atoms with Crippen molar-refractivity contribution >= 4 is 5.91 Å². The van der Waals surface area contributed by atoms with Gasteiger partial charge in [-0.25, -0.2) is 8.78 Å². The van der Waals surface area contributed by atoms with E-state index in [1.165, 1.54) is 36.4 Å². The first-order valence-electron chi connectivity index (χ1n) is 8.22. The molecule has 1 heterocycles. The summed E-state index contributed by atoms with van der Waals surface area (Å²) in [6, 6.07) is 1.32. The van der Waals surface area contributed by atoms with E-state index in [9.17, 15) is 13.6 Å². The van der Waals surface area contributed by atoms with Crippen LogP contribution in [0.3, 0.4) is 0 Å². The van der Waals surface area contributed by atoms with Gasteiger partial charge in [-0.3, -0.25) is 9.48 Å². The Morgan fingerprint density at radius 3 is 2.61 bits per heavy atom. The number of amides is 1. The van der Waals surface area contributed by atoms with Crippen molar-refractivity contribution in [2.75, 3.05) is 0 Å². The average molecular weight is 326 g/mol. The van der Waals surface area contributed by atoms with Gasteiger partial charge in [0.2, 0.25) is 5.91 Å². The molecule has 1 atom stereocenters. The molecule has 3 rings (SSSR count). The summed E-state index contributed by atoms with van der Waals surface area (Å²) < 4.78 is 26.7. The van der Waals surface area contributed by atoms with E-state index in [1.807, 2.05) is 0 Å². The number of nitrogens with two attached hydrogens (primary N) is 1. The molecule has 0 aromatic carbocycles. The Morgan fingerprint density at radius 1 is 1.39 bits per heavy atom. The Bertz CT molecular complexity index is 597. The molecule has 5 nitrogen and oxygen atoms in total. The lowest BCUT2D eigenvalue weighted by Crippen LogP contribution is -2.59. The number of nitrogens with one attached hydrogen (secondary N) is 1. The second-order valence-electron chi connectivity index (χ2n) is 7.21. The fourth-order valence-electron chi connectivity index (χ4n) is 4.07. The summed E-state index contributed by atoms with van der Waals surface area (Å²) in [4.78, 5) is 12.6. The van der Waals surface area contributed by atoms with E-state index in [0.29, 0.717) is 12.1 Å². The lowest BCUT2D eigenvalue weighted by Gasteiger charge is -2.50. The number of alkyl halides is 2. The highest BCUT2D eigenvalue weighted by molar-refractivity contribution is 5.86. The molecule has 128 valence electrons. The molecule has 1 aromatic heterocycles. The van der Waals surface area contributed by atoms with E-state index < -0.39 is 12.0 Å². The Balaban J connectivity index is 1.62. The van der Waals surface area contributed by atoms with Crippen molar-refractivity contribution in [1.29, 1.82) is 0 Å². The van der Waals surface area contributed by atoms with E-state index >= 15 is 0 Å². The molecule has 1 aromatic rings. The summed E-state index contributed by atoms with van der Waals surface area (Å²) >= 11 is 0. The molecular formula is C16H24F2N4O. The topological polar surface area (TPSA) is 72.9 Å². The highest BCUT2D eigenvalue weighted by Gasteiger charge is 2.49. The van der Waals surface area contributed by atoms with Crippen LogP contribution in [-0.4, -0.2) is 21.2 Å². The Morgan fingerprint density at radius 2 is 2.04 bits per heavy atom. The van der Waals surface area contributed by atoms with Crippen LogP contribution < -0.4 is 11.1 Å². The number of hydrogen-bond donors (Lipinski definition) is 2. The largest absolute Gasteiger partial charge is 0.349 e. The van der Waals surface area contributed by atoms with Crippen molar-refractivity contribution in [3.05, 3.63) is 17.5 Å². The molecule has 0 aliphatic heterocycles. The summed E-state index contributed by atoms with van der Waals surface area (Å²) in [7, 11) is 1.59. The molecule has 3 N–H and O–H groups in total. The summed E-state index contributed by atoms with van der Waals surface area (Å²) in [5.41, 5.74) is 6.10. The summed E-state index contributed by atoms with van der Waals surface area (Å²) in [6.07, 6.45) is 4.52. The number of hydrogen-bond acceptors (Lipinski definition) is 3. The second kappa shape index (κ2) is 5.85. The van der Waals surface area contributed by atoms with Gasteiger partial charge in [0.15, 0.2) is 0 Å². The first kappa shape index (κ1) is 16.4. The number of carbonyl (C=O) groups is 1. The maximum absolute atomic E-state index is 12.7. The van der Waals surface area contributed by atoms with Crippen molar-refractivity contribution in [2.45, 2.75) is 63.5 Å². The third-order valence-corrected chi connectivity index (χ3v) is 5.54. The Labute approximate surface area is 134 Å². The van der Waals surface area contributed by atoms with Gasteiger partial charge in [0, 0.05) is 7.05 Å². The molecule has 2 saturated carbocycles. The fourth-order valence-corrected chi connectivity index (χ4v) is 4.07. The summed E-state index contributed by atoms with van der Waals surface area (Å²) in [6.45, 7) is 0.168. The zero-order valence-corrected chi connectivity index (χ0v) is 13.4. The molecule has 0 radical (unpaired) electrons. The number of aryl methyl sites for hydroxylation is 1. The van der Waals surface area contributed by atoms with Gasteiger partial charge >= 0.3 is 0 Å².